The maximum atomic E-state index is 6.07. The van der Waals surface area contributed by atoms with Gasteiger partial charge in [0.05, 0.1) is 11.4 Å². The van der Waals surface area contributed by atoms with Gasteiger partial charge in [0.25, 0.3) is 0 Å². The van der Waals surface area contributed by atoms with Crippen LogP contribution in [0.5, 0.6) is 5.75 Å². The maximum absolute atomic E-state index is 6.07. The van der Waals surface area contributed by atoms with E-state index in [0.29, 0.717) is 6.61 Å². The van der Waals surface area contributed by atoms with Crippen molar-refractivity contribution in [3.05, 3.63) is 62.2 Å². The summed E-state index contributed by atoms with van der Waals surface area (Å²) < 4.78 is 6.64. The zero-order valence-electron chi connectivity index (χ0n) is 10.4. The molecule has 1 nitrogen and oxygen atoms in total. The molecule has 0 amide bonds. The van der Waals surface area contributed by atoms with Crippen LogP contribution in [0, 0.1) is 3.57 Å². The zero-order chi connectivity index (χ0) is 13.8. The highest BCUT2D eigenvalue weighted by Gasteiger charge is 2.14. The second-order valence-corrected chi connectivity index (χ2v) is 6.54. The van der Waals surface area contributed by atoms with Crippen LogP contribution in [0.25, 0.3) is 0 Å². The van der Waals surface area contributed by atoms with Gasteiger partial charge >= 0.3 is 0 Å². The Kier molecular flexibility index (Phi) is 5.54. The number of benzene rings is 2. The molecule has 100 valence electrons. The minimum absolute atomic E-state index is 0.133. The molecular formula is C15H13BrClIO. The van der Waals surface area contributed by atoms with Crippen molar-refractivity contribution in [3.63, 3.8) is 0 Å². The van der Waals surface area contributed by atoms with E-state index in [-0.39, 0.29) is 4.83 Å². The lowest BCUT2D eigenvalue weighted by molar-refractivity contribution is 0.340. The Hall–Kier alpha value is -0.260. The summed E-state index contributed by atoms with van der Waals surface area (Å²) >= 11 is 12.1. The minimum Gasteiger partial charge on any atom is -0.494 e. The summed E-state index contributed by atoms with van der Waals surface area (Å²) in [5, 5.41) is 0.755. The summed E-state index contributed by atoms with van der Waals surface area (Å²) in [4.78, 5) is 0.133. The van der Waals surface area contributed by atoms with E-state index in [1.807, 2.05) is 37.3 Å². The van der Waals surface area contributed by atoms with E-state index in [9.17, 15) is 0 Å². The van der Waals surface area contributed by atoms with Crippen LogP contribution >= 0.6 is 50.1 Å². The van der Waals surface area contributed by atoms with Gasteiger partial charge in [-0.1, -0.05) is 39.7 Å². The van der Waals surface area contributed by atoms with Gasteiger partial charge in [-0.25, -0.2) is 0 Å². The van der Waals surface area contributed by atoms with E-state index in [1.54, 1.807) is 0 Å². The van der Waals surface area contributed by atoms with Crippen molar-refractivity contribution in [3.8, 4) is 5.75 Å². The lowest BCUT2D eigenvalue weighted by atomic mass is 10.0. The van der Waals surface area contributed by atoms with Crippen molar-refractivity contribution in [1.29, 1.82) is 0 Å². The molecule has 0 aliphatic rings. The third-order valence-corrected chi connectivity index (χ3v) is 4.95. The average molecular weight is 452 g/mol. The molecule has 0 heterocycles. The highest BCUT2D eigenvalue weighted by molar-refractivity contribution is 14.1. The number of hydrogen-bond donors (Lipinski definition) is 0. The van der Waals surface area contributed by atoms with Crippen molar-refractivity contribution in [2.75, 3.05) is 6.61 Å². The fourth-order valence-electron chi connectivity index (χ4n) is 1.79. The van der Waals surface area contributed by atoms with E-state index in [4.69, 9.17) is 16.3 Å². The van der Waals surface area contributed by atoms with Gasteiger partial charge in [-0.2, -0.15) is 0 Å². The van der Waals surface area contributed by atoms with Crippen molar-refractivity contribution < 1.29 is 4.74 Å². The Morgan fingerprint density at radius 2 is 1.89 bits per heavy atom. The van der Waals surface area contributed by atoms with Crippen LogP contribution in [0.3, 0.4) is 0 Å². The average Bonchev–Trinajstić information content (AvgIpc) is 2.42. The molecule has 1 atom stereocenters. The number of rotatable bonds is 4. The highest BCUT2D eigenvalue weighted by Crippen LogP contribution is 2.35. The molecule has 0 fully saturated rings. The van der Waals surface area contributed by atoms with Crippen molar-refractivity contribution in [2.24, 2.45) is 0 Å². The summed E-state index contributed by atoms with van der Waals surface area (Å²) in [6.45, 7) is 2.67. The van der Waals surface area contributed by atoms with E-state index in [2.05, 4.69) is 50.7 Å². The molecule has 0 aromatic heterocycles. The first kappa shape index (κ1) is 15.1. The largest absolute Gasteiger partial charge is 0.494 e. The van der Waals surface area contributed by atoms with E-state index in [0.717, 1.165) is 10.8 Å². The zero-order valence-corrected chi connectivity index (χ0v) is 14.9. The highest BCUT2D eigenvalue weighted by atomic mass is 127. The summed E-state index contributed by atoms with van der Waals surface area (Å²) in [6, 6.07) is 14.1. The SMILES string of the molecule is CCOc1ccc(C(Br)c2cc(Cl)ccc2I)cc1. The third-order valence-electron chi connectivity index (χ3n) is 2.71. The second kappa shape index (κ2) is 6.95. The topological polar surface area (TPSA) is 9.23 Å². The molecular weight excluding hydrogens is 438 g/mol. The lowest BCUT2D eigenvalue weighted by Crippen LogP contribution is -1.97. The molecule has 0 aliphatic carbocycles. The minimum atomic E-state index is 0.133. The standard InChI is InChI=1S/C15H13BrClIO/c1-2-19-12-6-3-10(4-7-12)15(16)13-9-11(17)5-8-14(13)18/h3-9,15H,2H2,1H3. The summed E-state index contributed by atoms with van der Waals surface area (Å²) in [6.07, 6.45) is 0. The lowest BCUT2D eigenvalue weighted by Gasteiger charge is -2.14. The predicted octanol–water partition coefficient (Wildman–Crippen LogP) is 5.83. The van der Waals surface area contributed by atoms with Crippen LogP contribution in [0.15, 0.2) is 42.5 Å². The van der Waals surface area contributed by atoms with Gasteiger partial charge in [0.1, 0.15) is 5.75 Å². The molecule has 0 aliphatic heterocycles. The van der Waals surface area contributed by atoms with Crippen molar-refractivity contribution >= 4 is 50.1 Å². The molecule has 0 bridgehead atoms. The van der Waals surface area contributed by atoms with Crippen LogP contribution in [-0.4, -0.2) is 6.61 Å². The Morgan fingerprint density at radius 1 is 1.21 bits per heavy atom. The van der Waals surface area contributed by atoms with E-state index < -0.39 is 0 Å². The molecule has 0 saturated heterocycles. The van der Waals surface area contributed by atoms with Gasteiger partial charge < -0.3 is 4.74 Å². The molecule has 1 unspecified atom stereocenters. The van der Waals surface area contributed by atoms with Crippen LogP contribution in [0.1, 0.15) is 22.9 Å². The van der Waals surface area contributed by atoms with Crippen LogP contribution < -0.4 is 4.74 Å². The van der Waals surface area contributed by atoms with Crippen LogP contribution in [-0.2, 0) is 0 Å². The molecule has 2 rings (SSSR count). The predicted molar refractivity (Wildman–Crippen MR) is 92.6 cm³/mol. The monoisotopic (exact) mass is 450 g/mol. The van der Waals surface area contributed by atoms with Gasteiger partial charge in [-0.3, -0.25) is 0 Å². The molecule has 2 aromatic rings. The van der Waals surface area contributed by atoms with Gasteiger partial charge in [0, 0.05) is 8.59 Å². The fraction of sp³-hybridized carbons (Fsp3) is 0.200. The smallest absolute Gasteiger partial charge is 0.119 e. The Morgan fingerprint density at radius 3 is 2.53 bits per heavy atom. The quantitative estimate of drug-likeness (QED) is 0.420. The van der Waals surface area contributed by atoms with Gasteiger partial charge in [0.2, 0.25) is 0 Å². The molecule has 0 radical (unpaired) electrons. The van der Waals surface area contributed by atoms with Gasteiger partial charge in [-0.05, 0) is 71.0 Å². The number of ether oxygens (including phenoxy) is 1. The Labute approximate surface area is 140 Å². The fourth-order valence-corrected chi connectivity index (χ4v) is 3.73. The summed E-state index contributed by atoms with van der Waals surface area (Å²) in [5.41, 5.74) is 2.36. The molecule has 19 heavy (non-hydrogen) atoms. The van der Waals surface area contributed by atoms with Gasteiger partial charge in [0.15, 0.2) is 0 Å². The normalized spacial score (nSPS) is 12.2. The maximum Gasteiger partial charge on any atom is 0.119 e. The van der Waals surface area contributed by atoms with Crippen molar-refractivity contribution in [2.45, 2.75) is 11.8 Å². The number of alkyl halides is 1. The molecule has 0 saturated carbocycles. The number of halogens is 3. The number of hydrogen-bond acceptors (Lipinski definition) is 1. The summed E-state index contributed by atoms with van der Waals surface area (Å²) in [7, 11) is 0. The van der Waals surface area contributed by atoms with Crippen LogP contribution in [0.2, 0.25) is 5.02 Å². The first-order chi connectivity index (χ1) is 9.11. The summed E-state index contributed by atoms with van der Waals surface area (Å²) in [5.74, 6) is 0.895. The van der Waals surface area contributed by atoms with Crippen LogP contribution in [0.4, 0.5) is 0 Å². The Bertz CT molecular complexity index is 557. The van der Waals surface area contributed by atoms with Crippen molar-refractivity contribution in [1.82, 2.24) is 0 Å². The van der Waals surface area contributed by atoms with Gasteiger partial charge in [-0.15, -0.1) is 0 Å². The molecule has 4 heteroatoms. The van der Waals surface area contributed by atoms with E-state index in [1.165, 1.54) is 14.7 Å². The first-order valence-corrected chi connectivity index (χ1v) is 8.31. The molecule has 0 N–H and O–H groups in total. The van der Waals surface area contributed by atoms with E-state index >= 15 is 0 Å². The first-order valence-electron chi connectivity index (χ1n) is 5.93. The molecule has 0 spiro atoms. The second-order valence-electron chi connectivity index (χ2n) is 4.03. The Balaban J connectivity index is 2.27. The molecule has 2 aromatic carbocycles. The third kappa shape index (κ3) is 3.86.